The number of hydrogen-bond donors (Lipinski definition) is 1. The number of ether oxygens (including phenoxy) is 2. The van der Waals surface area contributed by atoms with Crippen LogP contribution in [0.25, 0.3) is 0 Å². The zero-order valence-electron chi connectivity index (χ0n) is 13.8. The van der Waals surface area contributed by atoms with Crippen LogP contribution in [-0.4, -0.2) is 49.3 Å². The lowest BCUT2D eigenvalue weighted by molar-refractivity contribution is -0.140. The van der Waals surface area contributed by atoms with Gasteiger partial charge in [-0.1, -0.05) is 23.2 Å². The molecule has 2 rings (SSSR count). The van der Waals surface area contributed by atoms with E-state index in [2.05, 4.69) is 0 Å². The number of nitrogens with two attached hydrogens (primary N) is 1. The summed E-state index contributed by atoms with van der Waals surface area (Å²) in [5.74, 6) is 0.506. The summed E-state index contributed by atoms with van der Waals surface area (Å²) in [6, 6.07) is 4.97. The zero-order valence-corrected chi connectivity index (χ0v) is 15.4. The molecule has 1 fully saturated rings. The van der Waals surface area contributed by atoms with Crippen LogP contribution in [0.1, 0.15) is 26.2 Å². The van der Waals surface area contributed by atoms with Gasteiger partial charge < -0.3 is 20.1 Å². The van der Waals surface area contributed by atoms with E-state index in [0.29, 0.717) is 42.0 Å². The van der Waals surface area contributed by atoms with E-state index in [1.807, 2.05) is 4.90 Å². The average molecular weight is 375 g/mol. The summed E-state index contributed by atoms with van der Waals surface area (Å²) < 4.78 is 11.4. The molecule has 1 heterocycles. The van der Waals surface area contributed by atoms with Gasteiger partial charge in [-0.2, -0.15) is 0 Å². The van der Waals surface area contributed by atoms with Gasteiger partial charge in [0.25, 0.3) is 5.91 Å². The molecule has 0 aromatic heterocycles. The van der Waals surface area contributed by atoms with Crippen molar-refractivity contribution in [1.29, 1.82) is 0 Å². The van der Waals surface area contributed by atoms with Crippen LogP contribution in [0.2, 0.25) is 10.0 Å². The average Bonchev–Trinajstić information content (AvgIpc) is 2.58. The predicted molar refractivity (Wildman–Crippen MR) is 95.8 cm³/mol. The first kappa shape index (κ1) is 19.3. The minimum absolute atomic E-state index is 0.0264. The number of rotatable bonds is 7. The number of carbonyl (C=O) groups excluding carboxylic acids is 1. The number of nitrogens with zero attached hydrogens (tertiary/aromatic N) is 1. The molecule has 0 radical (unpaired) electrons. The van der Waals surface area contributed by atoms with E-state index in [1.54, 1.807) is 25.1 Å². The van der Waals surface area contributed by atoms with E-state index in [0.717, 1.165) is 19.3 Å². The van der Waals surface area contributed by atoms with E-state index < -0.39 is 6.10 Å². The Kier molecular flexibility index (Phi) is 7.62. The molecule has 5 nitrogen and oxygen atoms in total. The highest BCUT2D eigenvalue weighted by Gasteiger charge is 2.27. The fourth-order valence-electron chi connectivity index (χ4n) is 2.64. The highest BCUT2D eigenvalue weighted by Crippen LogP contribution is 2.27. The lowest BCUT2D eigenvalue weighted by Crippen LogP contribution is -2.46. The number of hydrogen-bond acceptors (Lipinski definition) is 4. The Balaban J connectivity index is 1.80. The molecule has 0 aliphatic carbocycles. The van der Waals surface area contributed by atoms with Crippen LogP contribution in [0, 0.1) is 0 Å². The maximum atomic E-state index is 12.5. The molecule has 0 bridgehead atoms. The SMILES string of the molecule is CC(Oc1ccc(Cl)c(Cl)c1)C(=O)N1CCC(OCCCN)CC1. The lowest BCUT2D eigenvalue weighted by Gasteiger charge is -2.33. The molecule has 0 spiro atoms. The molecule has 0 saturated carbocycles. The van der Waals surface area contributed by atoms with Gasteiger partial charge in [0.1, 0.15) is 5.75 Å². The number of piperidine rings is 1. The molecule has 1 saturated heterocycles. The Morgan fingerprint density at radius 2 is 2.04 bits per heavy atom. The van der Waals surface area contributed by atoms with Crippen molar-refractivity contribution in [2.75, 3.05) is 26.2 Å². The van der Waals surface area contributed by atoms with Crippen LogP contribution < -0.4 is 10.5 Å². The smallest absolute Gasteiger partial charge is 0.263 e. The van der Waals surface area contributed by atoms with Crippen molar-refractivity contribution in [1.82, 2.24) is 4.90 Å². The summed E-state index contributed by atoms with van der Waals surface area (Å²) in [6.45, 7) is 4.43. The van der Waals surface area contributed by atoms with Gasteiger partial charge in [0.2, 0.25) is 0 Å². The number of carbonyl (C=O) groups is 1. The first-order valence-corrected chi connectivity index (χ1v) is 8.99. The standard InChI is InChI=1S/C17H24Cl2N2O3/c1-12(24-14-3-4-15(18)16(19)11-14)17(22)21-8-5-13(6-9-21)23-10-2-7-20/h3-4,11-13H,2,5-10,20H2,1H3. The monoisotopic (exact) mass is 374 g/mol. The normalized spacial score (nSPS) is 16.9. The molecule has 1 atom stereocenters. The van der Waals surface area contributed by atoms with Crippen LogP contribution in [0.5, 0.6) is 5.75 Å². The van der Waals surface area contributed by atoms with Crippen molar-refractivity contribution in [2.24, 2.45) is 5.73 Å². The van der Waals surface area contributed by atoms with Gasteiger partial charge in [0.05, 0.1) is 16.1 Å². The Morgan fingerprint density at radius 1 is 1.33 bits per heavy atom. The number of halogens is 2. The Morgan fingerprint density at radius 3 is 2.67 bits per heavy atom. The summed E-state index contributed by atoms with van der Waals surface area (Å²) >= 11 is 11.8. The first-order valence-electron chi connectivity index (χ1n) is 8.23. The van der Waals surface area contributed by atoms with Gasteiger partial charge >= 0.3 is 0 Å². The molecule has 1 aromatic carbocycles. The molecule has 7 heteroatoms. The van der Waals surface area contributed by atoms with Crippen molar-refractivity contribution >= 4 is 29.1 Å². The van der Waals surface area contributed by atoms with E-state index >= 15 is 0 Å². The number of likely N-dealkylation sites (tertiary alicyclic amines) is 1. The van der Waals surface area contributed by atoms with Gasteiger partial charge in [-0.05, 0) is 44.9 Å². The Bertz CT molecular complexity index is 549. The highest BCUT2D eigenvalue weighted by atomic mass is 35.5. The molecular weight excluding hydrogens is 351 g/mol. The van der Waals surface area contributed by atoms with Gasteiger partial charge in [-0.3, -0.25) is 4.79 Å². The van der Waals surface area contributed by atoms with Crippen LogP contribution in [0.4, 0.5) is 0 Å². The topological polar surface area (TPSA) is 64.8 Å². The Labute approximate surface area is 153 Å². The summed E-state index contributed by atoms with van der Waals surface area (Å²) in [7, 11) is 0. The fraction of sp³-hybridized carbons (Fsp3) is 0.588. The second-order valence-corrected chi connectivity index (χ2v) is 6.69. The van der Waals surface area contributed by atoms with Crippen LogP contribution in [0.15, 0.2) is 18.2 Å². The second kappa shape index (κ2) is 9.47. The fourth-order valence-corrected chi connectivity index (χ4v) is 2.93. The lowest BCUT2D eigenvalue weighted by atomic mass is 10.1. The van der Waals surface area contributed by atoms with E-state index in [9.17, 15) is 4.79 Å². The summed E-state index contributed by atoms with van der Waals surface area (Å²) in [4.78, 5) is 14.3. The van der Waals surface area contributed by atoms with E-state index in [4.69, 9.17) is 38.4 Å². The van der Waals surface area contributed by atoms with Gasteiger partial charge in [-0.25, -0.2) is 0 Å². The Hall–Kier alpha value is -1.01. The summed E-state index contributed by atoms with van der Waals surface area (Å²) in [5, 5.41) is 0.865. The zero-order chi connectivity index (χ0) is 17.5. The van der Waals surface area contributed by atoms with E-state index in [-0.39, 0.29) is 12.0 Å². The second-order valence-electron chi connectivity index (χ2n) is 5.87. The summed E-state index contributed by atoms with van der Waals surface area (Å²) in [6.07, 6.45) is 2.20. The van der Waals surface area contributed by atoms with Crippen molar-refractivity contribution in [3.05, 3.63) is 28.2 Å². The molecule has 134 valence electrons. The minimum atomic E-state index is -0.572. The predicted octanol–water partition coefficient (Wildman–Crippen LogP) is 3.12. The third-order valence-electron chi connectivity index (χ3n) is 4.01. The molecule has 1 unspecified atom stereocenters. The quantitative estimate of drug-likeness (QED) is 0.744. The molecule has 2 N–H and O–H groups in total. The highest BCUT2D eigenvalue weighted by molar-refractivity contribution is 6.42. The van der Waals surface area contributed by atoms with Crippen molar-refractivity contribution in [2.45, 2.75) is 38.4 Å². The molecule has 24 heavy (non-hydrogen) atoms. The van der Waals surface area contributed by atoms with Gasteiger partial charge in [0.15, 0.2) is 6.10 Å². The van der Waals surface area contributed by atoms with Crippen molar-refractivity contribution in [3.8, 4) is 5.75 Å². The number of amides is 1. The van der Waals surface area contributed by atoms with Gasteiger partial charge in [-0.15, -0.1) is 0 Å². The molecule has 1 amide bonds. The molecule has 1 aliphatic rings. The van der Waals surface area contributed by atoms with Crippen molar-refractivity contribution in [3.63, 3.8) is 0 Å². The largest absolute Gasteiger partial charge is 0.481 e. The maximum absolute atomic E-state index is 12.5. The maximum Gasteiger partial charge on any atom is 0.263 e. The van der Waals surface area contributed by atoms with E-state index in [1.165, 1.54) is 0 Å². The molecular formula is C17H24Cl2N2O3. The van der Waals surface area contributed by atoms with Gasteiger partial charge in [0, 0.05) is 25.8 Å². The van der Waals surface area contributed by atoms with Crippen molar-refractivity contribution < 1.29 is 14.3 Å². The number of benzene rings is 1. The van der Waals surface area contributed by atoms with Crippen LogP contribution >= 0.6 is 23.2 Å². The summed E-state index contributed by atoms with van der Waals surface area (Å²) in [5.41, 5.74) is 5.46. The van der Waals surface area contributed by atoms with Crippen LogP contribution in [0.3, 0.4) is 0 Å². The molecule has 1 aliphatic heterocycles. The third kappa shape index (κ3) is 5.52. The first-order chi connectivity index (χ1) is 11.5. The minimum Gasteiger partial charge on any atom is -0.481 e. The van der Waals surface area contributed by atoms with Crippen LogP contribution in [-0.2, 0) is 9.53 Å². The third-order valence-corrected chi connectivity index (χ3v) is 4.75. The molecule has 1 aromatic rings.